The fraction of sp³-hybridized carbons (Fsp3) is 0.500. The van der Waals surface area contributed by atoms with Crippen LogP contribution < -0.4 is 4.72 Å². The Bertz CT molecular complexity index is 746. The van der Waals surface area contributed by atoms with Gasteiger partial charge in [-0.1, -0.05) is 25.8 Å². The molecule has 0 spiro atoms. The highest BCUT2D eigenvalue weighted by molar-refractivity contribution is 7.89. The second-order valence-corrected chi connectivity index (χ2v) is 8.25. The van der Waals surface area contributed by atoms with Gasteiger partial charge in [-0.15, -0.1) is 6.42 Å². The monoisotopic (exact) mass is 348 g/mol. The molecular weight excluding hydrogens is 324 g/mol. The average Bonchev–Trinajstić information content (AvgIpc) is 3.38. The van der Waals surface area contributed by atoms with Crippen LogP contribution in [0.25, 0.3) is 0 Å². The lowest BCUT2D eigenvalue weighted by Gasteiger charge is -2.32. The van der Waals surface area contributed by atoms with Crippen molar-refractivity contribution in [3.63, 3.8) is 0 Å². The lowest BCUT2D eigenvalue weighted by Crippen LogP contribution is -2.43. The van der Waals surface area contributed by atoms with Gasteiger partial charge in [0.2, 0.25) is 10.0 Å². The molecule has 0 heterocycles. The van der Waals surface area contributed by atoms with Crippen LogP contribution in [0.3, 0.4) is 0 Å². The molecule has 24 heavy (non-hydrogen) atoms. The molecule has 1 aliphatic rings. The van der Waals surface area contributed by atoms with E-state index in [1.807, 2.05) is 11.8 Å². The van der Waals surface area contributed by atoms with Crippen molar-refractivity contribution in [1.82, 2.24) is 9.62 Å². The van der Waals surface area contributed by atoms with Crippen molar-refractivity contribution >= 4 is 15.9 Å². The lowest BCUT2D eigenvalue weighted by atomic mass is 10.0. The summed E-state index contributed by atoms with van der Waals surface area (Å²) in [5, 5.41) is 0. The number of rotatable bonds is 7. The van der Waals surface area contributed by atoms with E-state index in [-0.39, 0.29) is 29.4 Å². The first kappa shape index (κ1) is 18.5. The number of sulfonamides is 1. The molecule has 1 saturated carbocycles. The van der Waals surface area contributed by atoms with Gasteiger partial charge in [0.25, 0.3) is 5.91 Å². The van der Waals surface area contributed by atoms with Gasteiger partial charge in [0.1, 0.15) is 0 Å². The van der Waals surface area contributed by atoms with Crippen molar-refractivity contribution in [3.8, 4) is 12.3 Å². The summed E-state index contributed by atoms with van der Waals surface area (Å²) in [5.74, 6) is 2.45. The van der Waals surface area contributed by atoms with Crippen LogP contribution in [0.1, 0.15) is 44.0 Å². The van der Waals surface area contributed by atoms with Gasteiger partial charge in [-0.2, -0.15) is 4.72 Å². The third-order valence-electron chi connectivity index (χ3n) is 4.33. The lowest BCUT2D eigenvalue weighted by molar-refractivity contribution is 0.0627. The number of nitrogens with zero attached hydrogens (tertiary/aromatic N) is 1. The molecule has 1 aliphatic carbocycles. The maximum absolute atomic E-state index is 12.9. The molecule has 0 aromatic heterocycles. The van der Waals surface area contributed by atoms with E-state index in [4.69, 9.17) is 6.42 Å². The van der Waals surface area contributed by atoms with Crippen molar-refractivity contribution in [1.29, 1.82) is 0 Å². The Morgan fingerprint density at radius 1 is 1.38 bits per heavy atom. The minimum Gasteiger partial charge on any atom is -0.333 e. The Kier molecular flexibility index (Phi) is 5.68. The summed E-state index contributed by atoms with van der Waals surface area (Å²) in [6.45, 7) is 6.12. The van der Waals surface area contributed by atoms with Gasteiger partial charge >= 0.3 is 0 Å². The van der Waals surface area contributed by atoms with Crippen molar-refractivity contribution in [3.05, 3.63) is 29.8 Å². The van der Waals surface area contributed by atoms with E-state index >= 15 is 0 Å². The van der Waals surface area contributed by atoms with E-state index < -0.39 is 10.0 Å². The van der Waals surface area contributed by atoms with Crippen LogP contribution in [0.15, 0.2) is 29.2 Å². The molecule has 0 radical (unpaired) electrons. The highest BCUT2D eigenvalue weighted by Crippen LogP contribution is 2.32. The Labute approximate surface area is 144 Å². The number of hydrogen-bond donors (Lipinski definition) is 1. The molecule has 130 valence electrons. The van der Waals surface area contributed by atoms with Crippen molar-refractivity contribution < 1.29 is 13.2 Å². The molecule has 0 saturated heterocycles. The van der Waals surface area contributed by atoms with Crippen LogP contribution in [-0.2, 0) is 10.0 Å². The van der Waals surface area contributed by atoms with Gasteiger partial charge in [0.15, 0.2) is 0 Å². The molecule has 0 bridgehead atoms. The first-order valence-electron chi connectivity index (χ1n) is 8.13. The maximum Gasteiger partial charge on any atom is 0.254 e. The van der Waals surface area contributed by atoms with Crippen LogP contribution in [0.5, 0.6) is 0 Å². The summed E-state index contributed by atoms with van der Waals surface area (Å²) in [4.78, 5) is 14.9. The Balaban J connectivity index is 2.30. The van der Waals surface area contributed by atoms with Gasteiger partial charge in [-0.05, 0) is 43.9 Å². The number of amides is 1. The van der Waals surface area contributed by atoms with Crippen molar-refractivity contribution in [2.45, 2.75) is 50.6 Å². The first-order chi connectivity index (χ1) is 11.3. The molecule has 1 aromatic carbocycles. The number of terminal acetylenes is 1. The van der Waals surface area contributed by atoms with E-state index in [0.717, 1.165) is 12.8 Å². The topological polar surface area (TPSA) is 66.5 Å². The number of hydrogen-bond acceptors (Lipinski definition) is 3. The Morgan fingerprint density at radius 3 is 2.58 bits per heavy atom. The van der Waals surface area contributed by atoms with Gasteiger partial charge in [0.05, 0.1) is 11.4 Å². The summed E-state index contributed by atoms with van der Waals surface area (Å²) >= 11 is 0. The molecule has 2 rings (SSSR count). The van der Waals surface area contributed by atoms with E-state index in [9.17, 15) is 13.2 Å². The second-order valence-electron chi connectivity index (χ2n) is 6.48. The van der Waals surface area contributed by atoms with E-state index in [1.54, 1.807) is 12.1 Å². The molecule has 1 amide bonds. The van der Waals surface area contributed by atoms with Gasteiger partial charge in [-0.3, -0.25) is 4.79 Å². The smallest absolute Gasteiger partial charge is 0.254 e. The van der Waals surface area contributed by atoms with Gasteiger partial charge in [-0.25, -0.2) is 8.42 Å². The number of benzene rings is 1. The predicted octanol–water partition coefficient (Wildman–Crippen LogP) is 2.25. The molecule has 1 aromatic rings. The summed E-state index contributed by atoms with van der Waals surface area (Å²) in [6.07, 6.45) is 7.10. The van der Waals surface area contributed by atoms with E-state index in [1.165, 1.54) is 12.1 Å². The average molecular weight is 348 g/mol. The normalized spacial score (nSPS) is 15.8. The minimum atomic E-state index is -3.71. The second kappa shape index (κ2) is 7.37. The van der Waals surface area contributed by atoms with Gasteiger partial charge < -0.3 is 4.90 Å². The molecule has 1 atom stereocenters. The highest BCUT2D eigenvalue weighted by Gasteiger charge is 2.37. The summed E-state index contributed by atoms with van der Waals surface area (Å²) < 4.78 is 26.7. The quantitative estimate of drug-likeness (QED) is 0.769. The zero-order valence-corrected chi connectivity index (χ0v) is 15.1. The van der Waals surface area contributed by atoms with Crippen LogP contribution in [-0.4, -0.2) is 37.9 Å². The first-order valence-corrected chi connectivity index (χ1v) is 9.62. The predicted molar refractivity (Wildman–Crippen MR) is 94.0 cm³/mol. The minimum absolute atomic E-state index is 0.0524. The zero-order valence-electron chi connectivity index (χ0n) is 14.3. The fourth-order valence-corrected chi connectivity index (χ4v) is 3.50. The molecule has 0 aliphatic heterocycles. The summed E-state index contributed by atoms with van der Waals surface area (Å²) in [7, 11) is -3.71. The van der Waals surface area contributed by atoms with Crippen molar-refractivity contribution in [2.24, 2.45) is 5.92 Å². The number of nitrogens with one attached hydrogen (secondary N) is 1. The van der Waals surface area contributed by atoms with Crippen LogP contribution in [0.2, 0.25) is 0 Å². The van der Waals surface area contributed by atoms with Crippen LogP contribution in [0.4, 0.5) is 0 Å². The molecule has 5 nitrogen and oxygen atoms in total. The van der Waals surface area contributed by atoms with Crippen LogP contribution in [0, 0.1) is 18.3 Å². The third kappa shape index (κ3) is 4.16. The fourth-order valence-electron chi connectivity index (χ4n) is 2.52. The summed E-state index contributed by atoms with van der Waals surface area (Å²) in [6, 6.07) is 6.49. The maximum atomic E-state index is 12.9. The van der Waals surface area contributed by atoms with Crippen LogP contribution >= 0.6 is 0 Å². The van der Waals surface area contributed by atoms with E-state index in [0.29, 0.717) is 11.5 Å². The highest BCUT2D eigenvalue weighted by atomic mass is 32.2. The summed E-state index contributed by atoms with van der Waals surface area (Å²) in [5.41, 5.74) is 0.387. The Morgan fingerprint density at radius 2 is 2.04 bits per heavy atom. The largest absolute Gasteiger partial charge is 0.333 e. The molecule has 6 heteroatoms. The zero-order chi connectivity index (χ0) is 17.9. The van der Waals surface area contributed by atoms with Gasteiger partial charge in [0, 0.05) is 17.6 Å². The molecule has 1 fully saturated rings. The van der Waals surface area contributed by atoms with E-state index in [2.05, 4.69) is 24.5 Å². The SMILES string of the molecule is C#CCNS(=O)(=O)c1cccc(C(=O)N(C2CC2)C(C)C(C)C)c1. The standard InChI is InChI=1S/C18H24N2O3S/c1-5-11-19-24(22,23)17-8-6-7-15(12-17)18(21)20(16-9-10-16)14(4)13(2)3/h1,6-8,12-14,16,19H,9-11H2,2-4H3. The molecule has 1 unspecified atom stereocenters. The molecular formula is C18H24N2O3S. The Hall–Kier alpha value is -1.84. The third-order valence-corrected chi connectivity index (χ3v) is 5.73. The molecule has 1 N–H and O–H groups in total. The number of carbonyl (C=O) groups excluding carboxylic acids is 1. The van der Waals surface area contributed by atoms with Crippen molar-refractivity contribution in [2.75, 3.05) is 6.54 Å². The number of carbonyl (C=O) groups is 1.